The summed E-state index contributed by atoms with van der Waals surface area (Å²) < 4.78 is 60.1. The van der Waals surface area contributed by atoms with E-state index in [1.165, 1.54) is 6.92 Å². The first kappa shape index (κ1) is 20.1. The molecule has 0 heterocycles. The van der Waals surface area contributed by atoms with Crippen LogP contribution in [0.25, 0.3) is 0 Å². The first-order chi connectivity index (χ1) is 12.0. The second-order valence-corrected chi connectivity index (χ2v) is 6.82. The minimum absolute atomic E-state index is 0.0488. The third-order valence-corrected chi connectivity index (χ3v) is 4.69. The molecule has 0 amide bonds. The molecule has 0 aliphatic carbocycles. The van der Waals surface area contributed by atoms with Gasteiger partial charge in [0.05, 0.1) is 22.6 Å². The van der Waals surface area contributed by atoms with Crippen molar-refractivity contribution in [1.82, 2.24) is 0 Å². The van der Waals surface area contributed by atoms with Gasteiger partial charge in [-0.25, -0.2) is 0 Å². The molecule has 0 N–H and O–H groups in total. The van der Waals surface area contributed by atoms with Gasteiger partial charge in [-0.05, 0) is 35.3 Å². The molecule has 2 aromatic carbocycles. The molecular formula is C15H11ClF3NO5P+. The second kappa shape index (κ2) is 7.57. The van der Waals surface area contributed by atoms with E-state index in [1.54, 1.807) is 0 Å². The number of nitrogens with zero attached hydrogens (tertiary/aromatic N) is 1. The van der Waals surface area contributed by atoms with Crippen molar-refractivity contribution in [1.29, 1.82) is 0 Å². The van der Waals surface area contributed by atoms with Gasteiger partial charge in [0.2, 0.25) is 0 Å². The number of ether oxygens (including phenoxy) is 1. The number of aryl methyl sites for hydroxylation is 1. The van der Waals surface area contributed by atoms with E-state index in [1.807, 2.05) is 0 Å². The summed E-state index contributed by atoms with van der Waals surface area (Å²) >= 11 is 5.83. The highest BCUT2D eigenvalue weighted by Crippen LogP contribution is 2.38. The molecule has 2 aromatic rings. The molecule has 11 heteroatoms. The van der Waals surface area contributed by atoms with Crippen molar-refractivity contribution in [2.45, 2.75) is 13.1 Å². The monoisotopic (exact) mass is 408 g/mol. The lowest BCUT2D eigenvalue weighted by atomic mass is 10.2. The SMILES string of the molecule is CO[P+](=O)c1cc(Oc2ccc(C(F)(F)F)cc2Cl)c(C)cc1[N+](=O)[O-]. The van der Waals surface area contributed by atoms with Gasteiger partial charge >= 0.3 is 25.2 Å². The van der Waals surface area contributed by atoms with Crippen molar-refractivity contribution < 1.29 is 31.9 Å². The number of nitro groups is 1. The third kappa shape index (κ3) is 4.30. The lowest BCUT2D eigenvalue weighted by molar-refractivity contribution is -0.383. The molecule has 0 aliphatic rings. The highest BCUT2D eigenvalue weighted by Gasteiger charge is 2.34. The molecule has 0 spiro atoms. The molecule has 1 atom stereocenters. The van der Waals surface area contributed by atoms with Crippen LogP contribution in [0.1, 0.15) is 11.1 Å². The molecule has 0 bridgehead atoms. The average Bonchev–Trinajstić information content (AvgIpc) is 2.56. The standard InChI is InChI=1S/C15H11ClF3NO5P/c1-8-5-11(20(21)22)14(26(23)24-2)7-13(8)25-12-4-3-9(6-10(12)16)15(17,18)19/h3-7H,1-2H3/q+1. The molecular weight excluding hydrogens is 398 g/mol. The number of benzene rings is 2. The normalized spacial score (nSPS) is 12.0. The molecule has 0 aliphatic heterocycles. The summed E-state index contributed by atoms with van der Waals surface area (Å²) in [5.41, 5.74) is -1.06. The van der Waals surface area contributed by atoms with Crippen molar-refractivity contribution in [2.24, 2.45) is 0 Å². The Morgan fingerprint density at radius 2 is 1.85 bits per heavy atom. The summed E-state index contributed by atoms with van der Waals surface area (Å²) in [6, 6.07) is 4.80. The summed E-state index contributed by atoms with van der Waals surface area (Å²) in [5, 5.41) is 10.6. The average molecular weight is 409 g/mol. The van der Waals surface area contributed by atoms with E-state index >= 15 is 0 Å². The van der Waals surface area contributed by atoms with Crippen molar-refractivity contribution in [3.63, 3.8) is 0 Å². The van der Waals surface area contributed by atoms with Gasteiger partial charge in [0.1, 0.15) is 11.5 Å². The topological polar surface area (TPSA) is 78.7 Å². The van der Waals surface area contributed by atoms with Crippen LogP contribution in [0.15, 0.2) is 30.3 Å². The molecule has 0 saturated heterocycles. The molecule has 0 aromatic heterocycles. The van der Waals surface area contributed by atoms with Crippen LogP contribution >= 0.6 is 19.6 Å². The van der Waals surface area contributed by atoms with Crippen LogP contribution in [-0.4, -0.2) is 12.0 Å². The third-order valence-electron chi connectivity index (χ3n) is 3.31. The van der Waals surface area contributed by atoms with Gasteiger partial charge in [0, 0.05) is 12.1 Å². The highest BCUT2D eigenvalue weighted by molar-refractivity contribution is 7.48. The van der Waals surface area contributed by atoms with Crippen LogP contribution < -0.4 is 10.0 Å². The van der Waals surface area contributed by atoms with Crippen LogP contribution in [0.5, 0.6) is 11.5 Å². The Morgan fingerprint density at radius 3 is 2.35 bits per heavy atom. The maximum absolute atomic E-state index is 12.7. The van der Waals surface area contributed by atoms with Crippen LogP contribution in [0.2, 0.25) is 5.02 Å². The largest absolute Gasteiger partial charge is 0.556 e. The van der Waals surface area contributed by atoms with E-state index in [0.29, 0.717) is 11.6 Å². The van der Waals surface area contributed by atoms with Gasteiger partial charge in [-0.15, -0.1) is 4.52 Å². The summed E-state index contributed by atoms with van der Waals surface area (Å²) in [6.45, 7) is 1.49. The Bertz CT molecular complexity index is 888. The molecule has 1 unspecified atom stereocenters. The lowest BCUT2D eigenvalue weighted by Gasteiger charge is -2.12. The van der Waals surface area contributed by atoms with E-state index in [4.69, 9.17) is 16.3 Å². The van der Waals surface area contributed by atoms with Crippen molar-refractivity contribution in [2.75, 3.05) is 7.11 Å². The highest BCUT2D eigenvalue weighted by atomic mass is 35.5. The fourth-order valence-corrected chi connectivity index (χ4v) is 3.01. The van der Waals surface area contributed by atoms with E-state index in [0.717, 1.165) is 31.4 Å². The number of hydrogen-bond donors (Lipinski definition) is 0. The van der Waals surface area contributed by atoms with Crippen molar-refractivity contribution in [3.05, 3.63) is 56.6 Å². The maximum Gasteiger partial charge on any atom is 0.556 e. The summed E-state index contributed by atoms with van der Waals surface area (Å²) in [4.78, 5) is 10.4. The molecule has 6 nitrogen and oxygen atoms in total. The van der Waals surface area contributed by atoms with Crippen LogP contribution in [0.3, 0.4) is 0 Å². The first-order valence-electron chi connectivity index (χ1n) is 6.89. The van der Waals surface area contributed by atoms with Crippen LogP contribution in [0, 0.1) is 17.0 Å². The Kier molecular flexibility index (Phi) is 5.85. The van der Waals surface area contributed by atoms with Crippen molar-refractivity contribution in [3.8, 4) is 11.5 Å². The molecule has 0 saturated carbocycles. The Hall–Kier alpha value is -2.22. The number of nitro benzene ring substituents is 1. The van der Waals surface area contributed by atoms with E-state index in [2.05, 4.69) is 4.52 Å². The Morgan fingerprint density at radius 1 is 1.19 bits per heavy atom. The van der Waals surface area contributed by atoms with E-state index in [9.17, 15) is 27.9 Å². The minimum Gasteiger partial charge on any atom is -0.455 e. The smallest absolute Gasteiger partial charge is 0.455 e. The quantitative estimate of drug-likeness (QED) is 0.377. The number of hydrogen-bond acceptors (Lipinski definition) is 5. The van der Waals surface area contributed by atoms with Crippen LogP contribution in [-0.2, 0) is 15.3 Å². The summed E-state index contributed by atoms with van der Waals surface area (Å²) in [6.07, 6.45) is -4.56. The van der Waals surface area contributed by atoms with Gasteiger partial charge < -0.3 is 4.74 Å². The number of alkyl halides is 3. The van der Waals surface area contributed by atoms with Gasteiger partial charge in [0.15, 0.2) is 0 Å². The number of rotatable bonds is 5. The molecule has 138 valence electrons. The zero-order chi connectivity index (χ0) is 19.6. The molecule has 26 heavy (non-hydrogen) atoms. The zero-order valence-corrected chi connectivity index (χ0v) is 15.0. The zero-order valence-electron chi connectivity index (χ0n) is 13.3. The summed E-state index contributed by atoms with van der Waals surface area (Å²) in [7, 11) is -1.39. The minimum atomic E-state index is -4.56. The lowest BCUT2D eigenvalue weighted by Crippen LogP contribution is -2.08. The van der Waals surface area contributed by atoms with Gasteiger partial charge in [-0.3, -0.25) is 10.1 Å². The second-order valence-electron chi connectivity index (χ2n) is 5.05. The maximum atomic E-state index is 12.7. The molecule has 2 rings (SSSR count). The fourth-order valence-electron chi connectivity index (χ4n) is 2.04. The Labute approximate surface area is 151 Å². The van der Waals surface area contributed by atoms with E-state index < -0.39 is 30.4 Å². The van der Waals surface area contributed by atoms with Gasteiger partial charge in [-0.1, -0.05) is 11.6 Å². The predicted molar refractivity (Wildman–Crippen MR) is 88.6 cm³/mol. The van der Waals surface area contributed by atoms with Gasteiger partial charge in [0.25, 0.3) is 0 Å². The summed E-state index contributed by atoms with van der Waals surface area (Å²) in [5.74, 6) is -0.0390. The number of halogens is 4. The van der Waals surface area contributed by atoms with E-state index in [-0.39, 0.29) is 21.8 Å². The first-order valence-corrected chi connectivity index (χ1v) is 8.45. The molecule has 0 radical (unpaired) electrons. The van der Waals surface area contributed by atoms with Crippen molar-refractivity contribution >= 4 is 30.6 Å². The Balaban J connectivity index is 2.47. The van der Waals surface area contributed by atoms with Crippen LogP contribution in [0.4, 0.5) is 18.9 Å². The molecule has 0 fully saturated rings. The predicted octanol–water partition coefficient (Wildman–Crippen LogP) is 5.38. The van der Waals surface area contributed by atoms with Gasteiger partial charge in [-0.2, -0.15) is 13.2 Å². The fraction of sp³-hybridized carbons (Fsp3) is 0.200.